The molecule has 0 aliphatic carbocycles. The third kappa shape index (κ3) is 3.62. The molecule has 0 radical (unpaired) electrons. The van der Waals surface area contributed by atoms with Crippen LogP contribution in [0, 0.1) is 17.1 Å². The zero-order valence-electron chi connectivity index (χ0n) is 11.1. The van der Waals surface area contributed by atoms with E-state index in [0.717, 1.165) is 10.6 Å². The third-order valence-electron chi connectivity index (χ3n) is 2.70. The van der Waals surface area contributed by atoms with E-state index in [0.29, 0.717) is 16.9 Å². The Morgan fingerprint density at radius 3 is 2.52 bits per heavy atom. The summed E-state index contributed by atoms with van der Waals surface area (Å²) in [7, 11) is 0. The van der Waals surface area contributed by atoms with E-state index in [1.807, 2.05) is 19.1 Å². The molecule has 2 aromatic carbocycles. The van der Waals surface area contributed by atoms with Crippen LogP contribution < -0.4 is 5.32 Å². The number of hydrogen-bond donors (Lipinski definition) is 1. The van der Waals surface area contributed by atoms with E-state index in [1.54, 1.807) is 17.8 Å². The van der Waals surface area contributed by atoms with Gasteiger partial charge in [-0.2, -0.15) is 5.26 Å². The van der Waals surface area contributed by atoms with Crippen molar-refractivity contribution in [2.24, 2.45) is 0 Å². The van der Waals surface area contributed by atoms with E-state index < -0.39 is 5.82 Å². The molecule has 108 valence electrons. The molecule has 0 aliphatic rings. The molecule has 0 spiro atoms. The molecule has 0 saturated heterocycles. The summed E-state index contributed by atoms with van der Waals surface area (Å²) in [6, 6.07) is 10.0. The fraction of sp³-hybridized carbons (Fsp3) is 0.133. The van der Waals surface area contributed by atoms with Gasteiger partial charge in [0.15, 0.2) is 0 Å². The van der Waals surface area contributed by atoms with E-state index in [4.69, 9.17) is 23.2 Å². The van der Waals surface area contributed by atoms with Crippen LogP contribution in [0.25, 0.3) is 0 Å². The Hall–Kier alpha value is -1.41. The normalized spacial score (nSPS) is 10.2. The Morgan fingerprint density at radius 1 is 1.29 bits per heavy atom. The predicted molar refractivity (Wildman–Crippen MR) is 87.3 cm³/mol. The molecule has 21 heavy (non-hydrogen) atoms. The summed E-state index contributed by atoms with van der Waals surface area (Å²) in [4.78, 5) is 0.874. The molecule has 0 heterocycles. The highest BCUT2D eigenvalue weighted by molar-refractivity contribution is 7.99. The van der Waals surface area contributed by atoms with Gasteiger partial charge in [0.2, 0.25) is 0 Å². The number of hydrogen-bond acceptors (Lipinski definition) is 3. The molecule has 2 rings (SSSR count). The number of thioether (sulfide) groups is 1. The van der Waals surface area contributed by atoms with Crippen LogP contribution >= 0.6 is 35.0 Å². The van der Waals surface area contributed by atoms with Gasteiger partial charge in [-0.1, -0.05) is 36.2 Å². The number of benzene rings is 2. The van der Waals surface area contributed by atoms with Gasteiger partial charge in [0.05, 0.1) is 27.0 Å². The zero-order chi connectivity index (χ0) is 15.4. The molecular formula is C15H11Cl2FN2S. The summed E-state index contributed by atoms with van der Waals surface area (Å²) < 4.78 is 13.2. The minimum absolute atomic E-state index is 0.164. The maximum absolute atomic E-state index is 13.2. The average Bonchev–Trinajstić information content (AvgIpc) is 2.43. The van der Waals surface area contributed by atoms with Gasteiger partial charge in [-0.25, -0.2) is 4.39 Å². The molecule has 0 aromatic heterocycles. The van der Waals surface area contributed by atoms with E-state index in [-0.39, 0.29) is 10.0 Å². The van der Waals surface area contributed by atoms with Crippen molar-refractivity contribution in [3.8, 4) is 6.07 Å². The van der Waals surface area contributed by atoms with Crippen LogP contribution in [-0.2, 0) is 0 Å². The number of anilines is 2. The van der Waals surface area contributed by atoms with Crippen LogP contribution in [0.1, 0.15) is 12.5 Å². The van der Waals surface area contributed by atoms with Crippen LogP contribution in [0.5, 0.6) is 0 Å². The maximum atomic E-state index is 13.2. The number of halogens is 3. The summed E-state index contributed by atoms with van der Waals surface area (Å²) in [5, 5.41) is 12.7. The zero-order valence-corrected chi connectivity index (χ0v) is 13.4. The van der Waals surface area contributed by atoms with Crippen molar-refractivity contribution < 1.29 is 4.39 Å². The van der Waals surface area contributed by atoms with Crippen molar-refractivity contribution in [1.29, 1.82) is 5.26 Å². The molecule has 0 bridgehead atoms. The van der Waals surface area contributed by atoms with E-state index >= 15 is 0 Å². The Balaban J connectivity index is 2.46. The highest BCUT2D eigenvalue weighted by Crippen LogP contribution is 2.36. The Morgan fingerprint density at radius 2 is 1.95 bits per heavy atom. The Labute approximate surface area is 136 Å². The summed E-state index contributed by atoms with van der Waals surface area (Å²) in [5.74, 6) is 0.349. The van der Waals surface area contributed by atoms with Crippen LogP contribution in [0.3, 0.4) is 0 Å². The maximum Gasteiger partial charge on any atom is 0.126 e. The molecule has 0 saturated carbocycles. The Kier molecular flexibility index (Phi) is 5.35. The molecule has 0 fully saturated rings. The number of nitrogens with zero attached hydrogens (tertiary/aromatic N) is 1. The van der Waals surface area contributed by atoms with Gasteiger partial charge in [0.1, 0.15) is 11.9 Å². The fourth-order valence-corrected chi connectivity index (χ4v) is 3.16. The molecule has 2 nitrogen and oxygen atoms in total. The van der Waals surface area contributed by atoms with Crippen LogP contribution in [0.15, 0.2) is 35.2 Å². The molecule has 0 aliphatic heterocycles. The first kappa shape index (κ1) is 16.0. The van der Waals surface area contributed by atoms with E-state index in [1.165, 1.54) is 12.1 Å². The van der Waals surface area contributed by atoms with E-state index in [9.17, 15) is 9.65 Å². The smallest absolute Gasteiger partial charge is 0.126 e. The predicted octanol–water partition coefficient (Wildman–Crippen LogP) is 5.86. The van der Waals surface area contributed by atoms with Crippen molar-refractivity contribution in [3.05, 3.63) is 51.8 Å². The van der Waals surface area contributed by atoms with Crippen molar-refractivity contribution in [2.45, 2.75) is 11.8 Å². The number of rotatable bonds is 4. The first-order valence-electron chi connectivity index (χ1n) is 6.14. The molecular weight excluding hydrogens is 330 g/mol. The number of nitrogens with one attached hydrogen (secondary N) is 1. The number of nitriles is 1. The van der Waals surface area contributed by atoms with Crippen molar-refractivity contribution in [2.75, 3.05) is 11.1 Å². The second kappa shape index (κ2) is 7.04. The summed E-state index contributed by atoms with van der Waals surface area (Å²) in [5.41, 5.74) is 1.49. The van der Waals surface area contributed by atoms with Gasteiger partial charge < -0.3 is 5.32 Å². The minimum Gasteiger partial charge on any atom is -0.352 e. The SMILES string of the molecule is CCSc1cccc(Nc2c(Cl)cc(F)cc2Cl)c1C#N. The summed E-state index contributed by atoms with van der Waals surface area (Å²) in [6.45, 7) is 2.01. The average molecular weight is 341 g/mol. The minimum atomic E-state index is -0.508. The Bertz CT molecular complexity index is 690. The molecule has 0 atom stereocenters. The van der Waals surface area contributed by atoms with Crippen LogP contribution in [0.4, 0.5) is 15.8 Å². The van der Waals surface area contributed by atoms with Crippen molar-refractivity contribution in [3.63, 3.8) is 0 Å². The molecule has 1 N–H and O–H groups in total. The summed E-state index contributed by atoms with van der Waals surface area (Å²) >= 11 is 13.6. The highest BCUT2D eigenvalue weighted by Gasteiger charge is 2.13. The molecule has 0 amide bonds. The monoisotopic (exact) mass is 340 g/mol. The second-order valence-electron chi connectivity index (χ2n) is 4.09. The van der Waals surface area contributed by atoms with Gasteiger partial charge in [-0.05, 0) is 30.0 Å². The molecule has 0 unspecified atom stereocenters. The van der Waals surface area contributed by atoms with Crippen LogP contribution in [0.2, 0.25) is 10.0 Å². The van der Waals surface area contributed by atoms with Gasteiger partial charge >= 0.3 is 0 Å². The third-order valence-corrected chi connectivity index (χ3v) is 4.24. The standard InChI is InChI=1S/C15H11Cl2FN2S/c1-2-21-14-5-3-4-13(10(14)8-19)20-15-11(16)6-9(18)7-12(15)17/h3-7,20H,2H2,1H3. The lowest BCUT2D eigenvalue weighted by Gasteiger charge is -2.13. The first-order valence-corrected chi connectivity index (χ1v) is 7.88. The van der Waals surface area contributed by atoms with Crippen molar-refractivity contribution >= 4 is 46.3 Å². The lowest BCUT2D eigenvalue weighted by molar-refractivity contribution is 0.628. The van der Waals surface area contributed by atoms with Gasteiger partial charge in [0, 0.05) is 4.90 Å². The lowest BCUT2D eigenvalue weighted by Crippen LogP contribution is -1.97. The van der Waals surface area contributed by atoms with Crippen molar-refractivity contribution in [1.82, 2.24) is 0 Å². The topological polar surface area (TPSA) is 35.8 Å². The molecule has 2 aromatic rings. The summed E-state index contributed by atoms with van der Waals surface area (Å²) in [6.07, 6.45) is 0. The van der Waals surface area contributed by atoms with Gasteiger partial charge in [-0.15, -0.1) is 11.8 Å². The lowest BCUT2D eigenvalue weighted by atomic mass is 10.2. The fourth-order valence-electron chi connectivity index (χ4n) is 1.82. The van der Waals surface area contributed by atoms with E-state index in [2.05, 4.69) is 11.4 Å². The highest BCUT2D eigenvalue weighted by atomic mass is 35.5. The van der Waals surface area contributed by atoms with Gasteiger partial charge in [-0.3, -0.25) is 0 Å². The quantitative estimate of drug-likeness (QED) is 0.708. The first-order chi connectivity index (χ1) is 10.1. The molecule has 6 heteroatoms. The largest absolute Gasteiger partial charge is 0.352 e. The second-order valence-corrected chi connectivity index (χ2v) is 6.21. The van der Waals surface area contributed by atoms with Crippen LogP contribution in [-0.4, -0.2) is 5.75 Å². The van der Waals surface area contributed by atoms with Gasteiger partial charge in [0.25, 0.3) is 0 Å².